The molecular weight excluding hydrogens is 729 g/mol. The third-order valence-corrected chi connectivity index (χ3v) is 19.9. The van der Waals surface area contributed by atoms with E-state index in [0.29, 0.717) is 76.3 Å². The molecule has 2 atom stereocenters. The highest BCUT2D eigenvalue weighted by Crippen LogP contribution is 2.47. The number of aliphatic hydroxyl groups is 1. The van der Waals surface area contributed by atoms with Crippen LogP contribution in [0.3, 0.4) is 0 Å². The Labute approximate surface area is 331 Å². The van der Waals surface area contributed by atoms with Crippen molar-refractivity contribution in [2.75, 3.05) is 51.0 Å². The molecule has 0 amide bonds. The van der Waals surface area contributed by atoms with E-state index < -0.39 is 14.1 Å². The summed E-state index contributed by atoms with van der Waals surface area (Å²) in [6.45, 7) is 19.7. The number of ether oxygens (including phenoxy) is 2. The van der Waals surface area contributed by atoms with Gasteiger partial charge >= 0.3 is 6.01 Å². The fourth-order valence-electron chi connectivity index (χ4n) is 11.2. The average Bonchev–Trinajstić information content (AvgIpc) is 3.74. The number of hydrogen-bond donors (Lipinski definition) is 1. The maximum absolute atomic E-state index is 17.7. The fourth-order valence-corrected chi connectivity index (χ4v) is 16.4. The molecule has 12 heteroatoms. The lowest BCUT2D eigenvalue weighted by Crippen LogP contribution is -2.54. The van der Waals surface area contributed by atoms with Crippen LogP contribution in [0.2, 0.25) is 16.6 Å². The molecule has 302 valence electrons. The van der Waals surface area contributed by atoms with Gasteiger partial charge in [-0.2, -0.15) is 9.97 Å². The van der Waals surface area contributed by atoms with Gasteiger partial charge in [-0.25, -0.2) is 8.78 Å². The Kier molecular flexibility index (Phi) is 10.6. The van der Waals surface area contributed by atoms with Crippen molar-refractivity contribution in [3.05, 3.63) is 47.7 Å². The summed E-state index contributed by atoms with van der Waals surface area (Å²) in [5, 5.41) is 12.0. The number of aryl methyl sites for hydroxylation is 1. The number of aliphatic hydroxyl groups excluding tert-OH is 1. The molecular formula is C44H59F2N5O4Si. The zero-order valence-corrected chi connectivity index (χ0v) is 35.3. The standard InChI is InChI=1S/C44H59F2N5O4Si/c1-8-33-36(45)12-11-30-19-32(55-56(27(2)3,28(4)5)29(6)7)20-34(37(30)33)39-38(46)40-35(21-47-39)41(50-17-9-14-43(23-50)24-53-25-43)49-42(48-40)54-26-44-15-10-18-51(44)31(22-52)13-16-44/h11-12,19-21,27-29,31,52H,8-10,13-18,22-26H2,1-7H3/t31-,44-/m0/s1. The van der Waals surface area contributed by atoms with Gasteiger partial charge in [0.25, 0.3) is 8.32 Å². The molecule has 0 unspecified atom stereocenters. The third kappa shape index (κ3) is 6.46. The second-order valence-electron chi connectivity index (χ2n) is 18.1. The number of rotatable bonds is 12. The van der Waals surface area contributed by atoms with Gasteiger partial charge in [0.1, 0.15) is 35.2 Å². The normalized spacial score (nSPS) is 22.6. The molecule has 6 heterocycles. The molecule has 4 fully saturated rings. The first kappa shape index (κ1) is 39.4. The lowest BCUT2D eigenvalue weighted by atomic mass is 9.78. The van der Waals surface area contributed by atoms with Crippen molar-refractivity contribution in [3.8, 4) is 23.0 Å². The number of nitrogens with zero attached hydrogens (tertiary/aromatic N) is 5. The molecule has 0 radical (unpaired) electrons. The van der Waals surface area contributed by atoms with Crippen molar-refractivity contribution in [1.82, 2.24) is 19.9 Å². The number of piperidine rings is 1. The number of halogens is 2. The summed E-state index contributed by atoms with van der Waals surface area (Å²) < 4.78 is 52.7. The molecule has 8 rings (SSSR count). The highest BCUT2D eigenvalue weighted by Gasteiger charge is 2.50. The molecule has 4 saturated heterocycles. The second kappa shape index (κ2) is 15.0. The summed E-state index contributed by atoms with van der Waals surface area (Å²) >= 11 is 0. The van der Waals surface area contributed by atoms with Crippen molar-refractivity contribution >= 4 is 35.8 Å². The van der Waals surface area contributed by atoms with E-state index in [1.807, 2.05) is 19.1 Å². The summed E-state index contributed by atoms with van der Waals surface area (Å²) in [7, 11) is -2.41. The van der Waals surface area contributed by atoms with Crippen LogP contribution in [0.4, 0.5) is 14.6 Å². The van der Waals surface area contributed by atoms with E-state index >= 15 is 8.78 Å². The van der Waals surface area contributed by atoms with Crippen LogP contribution in [0.25, 0.3) is 32.9 Å². The largest absolute Gasteiger partial charge is 0.543 e. The van der Waals surface area contributed by atoms with Gasteiger partial charge in [-0.05, 0) is 103 Å². The zero-order chi connectivity index (χ0) is 39.6. The lowest BCUT2D eigenvalue weighted by Gasteiger charge is -2.48. The molecule has 2 aromatic heterocycles. The van der Waals surface area contributed by atoms with Gasteiger partial charge in [0.2, 0.25) is 0 Å². The fraction of sp³-hybridized carbons (Fsp3) is 0.614. The van der Waals surface area contributed by atoms with Gasteiger partial charge in [-0.15, -0.1) is 0 Å². The number of fused-ring (bicyclic) bond motifs is 3. The third-order valence-electron chi connectivity index (χ3n) is 13.9. The van der Waals surface area contributed by atoms with Crippen LogP contribution in [-0.4, -0.2) is 90.9 Å². The quantitative estimate of drug-likeness (QED) is 0.141. The van der Waals surface area contributed by atoms with Crippen LogP contribution >= 0.6 is 0 Å². The highest BCUT2D eigenvalue weighted by molar-refractivity contribution is 6.78. The van der Waals surface area contributed by atoms with Crippen molar-refractivity contribution in [1.29, 1.82) is 0 Å². The van der Waals surface area contributed by atoms with Crippen molar-refractivity contribution in [3.63, 3.8) is 0 Å². The molecule has 4 aliphatic rings. The summed E-state index contributed by atoms with van der Waals surface area (Å²) in [5.41, 5.74) is 2.03. The van der Waals surface area contributed by atoms with E-state index in [1.54, 1.807) is 12.3 Å². The van der Waals surface area contributed by atoms with Gasteiger partial charge < -0.3 is 23.9 Å². The first-order chi connectivity index (χ1) is 26.8. The maximum atomic E-state index is 17.7. The van der Waals surface area contributed by atoms with E-state index in [9.17, 15) is 5.11 Å². The summed E-state index contributed by atoms with van der Waals surface area (Å²) in [4.78, 5) is 19.3. The Morgan fingerprint density at radius 2 is 1.73 bits per heavy atom. The summed E-state index contributed by atoms with van der Waals surface area (Å²) in [6.07, 6.45) is 8.00. The molecule has 0 aliphatic carbocycles. The number of anilines is 1. The van der Waals surface area contributed by atoms with E-state index in [2.05, 4.69) is 51.3 Å². The Bertz CT molecular complexity index is 2090. The molecule has 0 bridgehead atoms. The van der Waals surface area contributed by atoms with Crippen LogP contribution in [0.15, 0.2) is 30.5 Å². The Hall–Kier alpha value is -3.45. The van der Waals surface area contributed by atoms with Crippen LogP contribution < -0.4 is 14.1 Å². The summed E-state index contributed by atoms with van der Waals surface area (Å²) in [6, 6.07) is 7.38. The van der Waals surface area contributed by atoms with Crippen LogP contribution in [0.5, 0.6) is 11.8 Å². The first-order valence-corrected chi connectivity index (χ1v) is 23.1. The monoisotopic (exact) mass is 787 g/mol. The average molecular weight is 788 g/mol. The lowest BCUT2D eigenvalue weighted by molar-refractivity contribution is -0.117. The maximum Gasteiger partial charge on any atom is 0.319 e. The molecule has 1 N–H and O–H groups in total. The van der Waals surface area contributed by atoms with Crippen LogP contribution in [0.1, 0.15) is 92.6 Å². The van der Waals surface area contributed by atoms with E-state index in [4.69, 9.17) is 28.9 Å². The van der Waals surface area contributed by atoms with Gasteiger partial charge in [-0.3, -0.25) is 9.88 Å². The highest BCUT2D eigenvalue weighted by atomic mass is 28.4. The number of aromatic nitrogens is 3. The minimum atomic E-state index is -2.41. The minimum Gasteiger partial charge on any atom is -0.543 e. The van der Waals surface area contributed by atoms with Gasteiger partial charge in [0, 0.05) is 36.3 Å². The Balaban J connectivity index is 1.28. The van der Waals surface area contributed by atoms with Crippen molar-refractivity contribution in [2.24, 2.45) is 5.41 Å². The molecule has 2 aromatic carbocycles. The second-order valence-corrected chi connectivity index (χ2v) is 23.5. The molecule has 56 heavy (non-hydrogen) atoms. The Morgan fingerprint density at radius 1 is 0.982 bits per heavy atom. The van der Waals surface area contributed by atoms with Crippen molar-refractivity contribution in [2.45, 2.75) is 122 Å². The topological polar surface area (TPSA) is 93.1 Å². The SMILES string of the molecule is CCc1c(F)ccc2cc(O[Si](C(C)C)(C(C)C)C(C)C)cc(-c3ncc4c(N5CCCC6(COC6)C5)nc(OC[C@@]56CCCN5[C@H](CO)CC6)nc4c3F)c12. The molecule has 4 aromatic rings. The van der Waals surface area contributed by atoms with Gasteiger partial charge in [-0.1, -0.05) is 54.5 Å². The minimum absolute atomic E-state index is 0.0510. The van der Waals surface area contributed by atoms with Crippen LogP contribution in [0, 0.1) is 17.0 Å². The molecule has 1 spiro atoms. The zero-order valence-electron chi connectivity index (χ0n) is 34.3. The number of benzene rings is 2. The van der Waals surface area contributed by atoms with E-state index in [1.165, 1.54) is 6.07 Å². The Morgan fingerprint density at radius 3 is 2.41 bits per heavy atom. The number of pyridine rings is 1. The van der Waals surface area contributed by atoms with Gasteiger partial charge in [0.15, 0.2) is 5.82 Å². The van der Waals surface area contributed by atoms with E-state index in [0.717, 1.165) is 63.5 Å². The van der Waals surface area contributed by atoms with Gasteiger partial charge in [0.05, 0.1) is 30.7 Å². The molecule has 9 nitrogen and oxygen atoms in total. The summed E-state index contributed by atoms with van der Waals surface area (Å²) in [5.74, 6) is 0.332. The van der Waals surface area contributed by atoms with Crippen molar-refractivity contribution < 1.29 is 27.8 Å². The molecule has 0 saturated carbocycles. The smallest absolute Gasteiger partial charge is 0.319 e. The number of hydrogen-bond acceptors (Lipinski definition) is 9. The van der Waals surface area contributed by atoms with E-state index in [-0.39, 0.29) is 46.6 Å². The predicted octanol–water partition coefficient (Wildman–Crippen LogP) is 9.22. The van der Waals surface area contributed by atoms with Crippen LogP contribution in [-0.2, 0) is 11.2 Å². The predicted molar refractivity (Wildman–Crippen MR) is 220 cm³/mol. The first-order valence-electron chi connectivity index (χ1n) is 21.0. The molecule has 4 aliphatic heterocycles.